The van der Waals surface area contributed by atoms with Gasteiger partial charge < -0.3 is 20.1 Å². The van der Waals surface area contributed by atoms with Crippen molar-refractivity contribution in [3.63, 3.8) is 0 Å². The zero-order chi connectivity index (χ0) is 21.7. The molecule has 0 atom stereocenters. The molecule has 8 nitrogen and oxygen atoms in total. The fraction of sp³-hybridized carbons (Fsp3) is 0.318. The summed E-state index contributed by atoms with van der Waals surface area (Å²) in [5.41, 5.74) is 2.51. The van der Waals surface area contributed by atoms with Crippen LogP contribution in [0.4, 0.5) is 11.4 Å². The molecule has 2 aromatic rings. The van der Waals surface area contributed by atoms with Crippen molar-refractivity contribution in [1.82, 2.24) is 4.90 Å². The molecule has 0 fully saturated rings. The predicted molar refractivity (Wildman–Crippen MR) is 113 cm³/mol. The number of anilines is 2. The van der Waals surface area contributed by atoms with Crippen molar-refractivity contribution < 1.29 is 23.9 Å². The summed E-state index contributed by atoms with van der Waals surface area (Å²) in [6, 6.07) is 10.7. The van der Waals surface area contributed by atoms with Gasteiger partial charge in [-0.2, -0.15) is 0 Å². The molecule has 0 unspecified atom stereocenters. The Kier molecular flexibility index (Phi) is 6.68. The molecule has 0 saturated heterocycles. The number of rotatable bonds is 8. The first-order chi connectivity index (χ1) is 14.4. The predicted octanol–water partition coefficient (Wildman–Crippen LogP) is 2.69. The maximum Gasteiger partial charge on any atom is 0.238 e. The summed E-state index contributed by atoms with van der Waals surface area (Å²) in [5, 5.41) is 5.61. The van der Waals surface area contributed by atoms with E-state index in [1.54, 1.807) is 24.1 Å². The van der Waals surface area contributed by atoms with Crippen molar-refractivity contribution >= 4 is 29.0 Å². The highest BCUT2D eigenvalue weighted by Crippen LogP contribution is 2.37. The van der Waals surface area contributed by atoms with Crippen LogP contribution in [-0.2, 0) is 16.0 Å². The molecule has 0 aliphatic carbocycles. The van der Waals surface area contributed by atoms with Gasteiger partial charge in [-0.15, -0.1) is 0 Å². The van der Waals surface area contributed by atoms with E-state index in [9.17, 15) is 14.4 Å². The maximum absolute atomic E-state index is 12.5. The molecule has 0 bridgehead atoms. The van der Waals surface area contributed by atoms with Gasteiger partial charge in [0, 0.05) is 17.3 Å². The Morgan fingerprint density at radius 1 is 0.967 bits per heavy atom. The SMILES string of the molecule is CCc1ccccc1NC(=O)CN(C)CC(=O)Nc1cc2c(cc1C(C)=O)OCO2. The molecule has 0 aromatic heterocycles. The Labute approximate surface area is 175 Å². The number of para-hydroxylation sites is 1. The van der Waals surface area contributed by atoms with E-state index >= 15 is 0 Å². The quantitative estimate of drug-likeness (QED) is 0.649. The smallest absolute Gasteiger partial charge is 0.238 e. The average molecular weight is 411 g/mol. The van der Waals surface area contributed by atoms with Gasteiger partial charge in [0.05, 0.1) is 18.8 Å². The molecule has 2 aromatic carbocycles. The van der Waals surface area contributed by atoms with Gasteiger partial charge in [-0.25, -0.2) is 0 Å². The molecule has 0 saturated carbocycles. The van der Waals surface area contributed by atoms with E-state index in [1.807, 2.05) is 31.2 Å². The molecule has 8 heteroatoms. The van der Waals surface area contributed by atoms with Crippen LogP contribution in [-0.4, -0.2) is 49.4 Å². The number of Topliss-reactive ketones (excluding diaryl/α,β-unsaturated/α-hetero) is 1. The number of nitrogens with one attached hydrogen (secondary N) is 2. The normalized spacial score (nSPS) is 12.0. The standard InChI is InChI=1S/C22H25N3O5/c1-4-15-7-5-6-8-17(15)23-21(27)11-25(3)12-22(28)24-18-10-20-19(29-13-30-20)9-16(18)14(2)26/h5-10H,4,11-13H2,1-3H3,(H,23,27)(H,24,28). The second kappa shape index (κ2) is 9.41. The average Bonchev–Trinajstić information content (AvgIpc) is 3.14. The van der Waals surface area contributed by atoms with Crippen LogP contribution in [0.1, 0.15) is 29.8 Å². The Bertz CT molecular complexity index is 973. The molecular weight excluding hydrogens is 386 g/mol. The Morgan fingerprint density at radius 3 is 2.20 bits per heavy atom. The number of benzene rings is 2. The van der Waals surface area contributed by atoms with E-state index in [2.05, 4.69) is 10.6 Å². The first kappa shape index (κ1) is 21.3. The zero-order valence-electron chi connectivity index (χ0n) is 17.3. The molecule has 1 heterocycles. The molecule has 2 N–H and O–H groups in total. The van der Waals surface area contributed by atoms with Crippen LogP contribution in [0.2, 0.25) is 0 Å². The molecule has 2 amide bonds. The summed E-state index contributed by atoms with van der Waals surface area (Å²) in [6.45, 7) is 3.54. The molecule has 158 valence electrons. The molecule has 30 heavy (non-hydrogen) atoms. The Morgan fingerprint density at radius 2 is 1.57 bits per heavy atom. The van der Waals surface area contributed by atoms with E-state index in [1.165, 1.54) is 6.92 Å². The Hall–Kier alpha value is -3.39. The molecular formula is C22H25N3O5. The number of fused-ring (bicyclic) bond motifs is 1. The first-order valence-corrected chi connectivity index (χ1v) is 9.68. The van der Waals surface area contributed by atoms with Crippen LogP contribution < -0.4 is 20.1 Å². The van der Waals surface area contributed by atoms with Gasteiger partial charge in [0.2, 0.25) is 18.6 Å². The third-order valence-corrected chi connectivity index (χ3v) is 4.67. The van der Waals surface area contributed by atoms with Crippen molar-refractivity contribution in [2.45, 2.75) is 20.3 Å². The van der Waals surface area contributed by atoms with E-state index in [0.717, 1.165) is 17.7 Å². The third-order valence-electron chi connectivity index (χ3n) is 4.67. The highest BCUT2D eigenvalue weighted by molar-refractivity contribution is 6.05. The van der Waals surface area contributed by atoms with Crippen LogP contribution in [0.25, 0.3) is 0 Å². The number of hydrogen-bond donors (Lipinski definition) is 2. The number of carbonyl (C=O) groups is 3. The monoisotopic (exact) mass is 411 g/mol. The van der Waals surface area contributed by atoms with Gasteiger partial charge in [0.1, 0.15) is 0 Å². The van der Waals surface area contributed by atoms with Gasteiger partial charge in [0.25, 0.3) is 0 Å². The lowest BCUT2D eigenvalue weighted by Crippen LogP contribution is -2.36. The van der Waals surface area contributed by atoms with E-state index in [4.69, 9.17) is 9.47 Å². The molecule has 1 aliphatic heterocycles. The van der Waals surface area contributed by atoms with E-state index in [-0.39, 0.29) is 37.5 Å². The van der Waals surface area contributed by atoms with Gasteiger partial charge in [-0.1, -0.05) is 25.1 Å². The van der Waals surface area contributed by atoms with Crippen molar-refractivity contribution in [3.05, 3.63) is 47.5 Å². The third kappa shape index (κ3) is 5.15. The number of carbonyl (C=O) groups excluding carboxylic acids is 3. The minimum atomic E-state index is -0.347. The lowest BCUT2D eigenvalue weighted by atomic mass is 10.1. The lowest BCUT2D eigenvalue weighted by molar-refractivity contribution is -0.119. The maximum atomic E-state index is 12.5. The summed E-state index contributed by atoms with van der Waals surface area (Å²) in [5.74, 6) is 0.183. The first-order valence-electron chi connectivity index (χ1n) is 9.68. The summed E-state index contributed by atoms with van der Waals surface area (Å²) in [6.07, 6.45) is 0.808. The van der Waals surface area contributed by atoms with Crippen molar-refractivity contribution in [1.29, 1.82) is 0 Å². The molecule has 1 aliphatic rings. The van der Waals surface area contributed by atoms with E-state index in [0.29, 0.717) is 22.7 Å². The fourth-order valence-corrected chi connectivity index (χ4v) is 3.21. The lowest BCUT2D eigenvalue weighted by Gasteiger charge is -2.17. The van der Waals surface area contributed by atoms with Gasteiger partial charge in [-0.05, 0) is 38.1 Å². The number of ether oxygens (including phenoxy) is 2. The number of ketones is 1. The van der Waals surface area contributed by atoms with Gasteiger partial charge in [0.15, 0.2) is 17.3 Å². The number of likely N-dealkylation sites (N-methyl/N-ethyl adjacent to an activating group) is 1. The topological polar surface area (TPSA) is 97.0 Å². The number of nitrogens with zero attached hydrogens (tertiary/aromatic N) is 1. The fourth-order valence-electron chi connectivity index (χ4n) is 3.21. The highest BCUT2D eigenvalue weighted by Gasteiger charge is 2.21. The van der Waals surface area contributed by atoms with Gasteiger partial charge >= 0.3 is 0 Å². The highest BCUT2D eigenvalue weighted by atomic mass is 16.7. The van der Waals surface area contributed by atoms with Crippen molar-refractivity contribution in [3.8, 4) is 11.5 Å². The van der Waals surface area contributed by atoms with Crippen LogP contribution in [0.3, 0.4) is 0 Å². The minimum Gasteiger partial charge on any atom is -0.454 e. The van der Waals surface area contributed by atoms with E-state index < -0.39 is 0 Å². The second-order valence-corrected chi connectivity index (χ2v) is 7.09. The minimum absolute atomic E-state index is 0.0192. The summed E-state index contributed by atoms with van der Waals surface area (Å²) >= 11 is 0. The van der Waals surface area contributed by atoms with Crippen LogP contribution >= 0.6 is 0 Å². The Balaban J connectivity index is 1.58. The van der Waals surface area contributed by atoms with Crippen molar-refractivity contribution in [2.24, 2.45) is 0 Å². The summed E-state index contributed by atoms with van der Waals surface area (Å²) in [4.78, 5) is 38.3. The second-order valence-electron chi connectivity index (χ2n) is 7.09. The van der Waals surface area contributed by atoms with Crippen LogP contribution in [0.5, 0.6) is 11.5 Å². The van der Waals surface area contributed by atoms with Crippen molar-refractivity contribution in [2.75, 3.05) is 37.6 Å². The summed E-state index contributed by atoms with van der Waals surface area (Å²) < 4.78 is 10.6. The molecule has 0 spiro atoms. The zero-order valence-corrected chi connectivity index (χ0v) is 17.3. The number of amides is 2. The van der Waals surface area contributed by atoms with Crippen LogP contribution in [0, 0.1) is 0 Å². The largest absolute Gasteiger partial charge is 0.454 e. The van der Waals surface area contributed by atoms with Gasteiger partial charge in [-0.3, -0.25) is 19.3 Å². The number of hydrogen-bond acceptors (Lipinski definition) is 6. The molecule has 0 radical (unpaired) electrons. The summed E-state index contributed by atoms with van der Waals surface area (Å²) in [7, 11) is 1.68. The molecule has 3 rings (SSSR count). The van der Waals surface area contributed by atoms with Crippen LogP contribution in [0.15, 0.2) is 36.4 Å². The number of aryl methyl sites for hydroxylation is 1.